The number of benzene rings is 1. The number of aromatic nitrogens is 1. The molecule has 0 unspecified atom stereocenters. The maximum Gasteiger partial charge on any atom is 0.0948 e. The Bertz CT molecular complexity index is 574. The van der Waals surface area contributed by atoms with E-state index in [1.54, 1.807) is 11.8 Å². The molecule has 18 heavy (non-hydrogen) atoms. The van der Waals surface area contributed by atoms with Crippen molar-refractivity contribution < 1.29 is 17.7 Å². The first-order valence-electron chi connectivity index (χ1n) is 6.04. The highest BCUT2D eigenvalue weighted by Gasteiger charge is 2.12. The Morgan fingerprint density at radius 2 is 2.22 bits per heavy atom. The van der Waals surface area contributed by atoms with Crippen molar-refractivity contribution >= 4 is 28.2 Å². The van der Waals surface area contributed by atoms with Crippen LogP contribution in [0.25, 0.3) is 16.5 Å². The van der Waals surface area contributed by atoms with Crippen molar-refractivity contribution in [2.45, 2.75) is 11.3 Å². The molecule has 0 atom stereocenters. The van der Waals surface area contributed by atoms with Gasteiger partial charge in [-0.15, -0.1) is 11.8 Å². The average molecular weight is 281 g/mol. The van der Waals surface area contributed by atoms with E-state index in [0.29, 0.717) is 0 Å². The number of nitrogens with one attached hydrogen (secondary N) is 1. The van der Waals surface area contributed by atoms with Crippen molar-refractivity contribution in [3.05, 3.63) is 36.0 Å². The van der Waals surface area contributed by atoms with E-state index in [-0.39, 0.29) is 12.4 Å². The van der Waals surface area contributed by atoms with Crippen LogP contribution in [0.5, 0.6) is 0 Å². The van der Waals surface area contributed by atoms with Gasteiger partial charge < -0.3 is 22.7 Å². The molecule has 0 aliphatic carbocycles. The third kappa shape index (κ3) is 2.44. The highest BCUT2D eigenvalue weighted by Crippen LogP contribution is 2.30. The number of fused-ring (bicyclic) bond motifs is 1. The summed E-state index contributed by atoms with van der Waals surface area (Å²) in [5.74, 6) is 0. The first-order chi connectivity index (χ1) is 8.38. The predicted octanol–water partition coefficient (Wildman–Crippen LogP) is -0.756. The van der Waals surface area contributed by atoms with Gasteiger partial charge in [-0.1, -0.05) is 0 Å². The topological polar surface area (TPSA) is 32.4 Å². The lowest BCUT2D eigenvalue weighted by Gasteiger charge is -2.11. The van der Waals surface area contributed by atoms with E-state index in [1.807, 2.05) is 0 Å². The summed E-state index contributed by atoms with van der Waals surface area (Å²) in [6, 6.07) is 6.65. The van der Waals surface area contributed by atoms with E-state index < -0.39 is 0 Å². The molecule has 0 bridgehead atoms. The Morgan fingerprint density at radius 1 is 1.33 bits per heavy atom. The van der Waals surface area contributed by atoms with Crippen LogP contribution in [0.4, 0.5) is 0 Å². The molecule has 0 amide bonds. The molecule has 3 rings (SSSR count). The number of H-pyrrole nitrogens is 1. The molecule has 4 heteroatoms. The molecule has 2 aromatic rings. The van der Waals surface area contributed by atoms with Crippen LogP contribution >= 0.6 is 11.8 Å². The van der Waals surface area contributed by atoms with Gasteiger partial charge in [0.2, 0.25) is 0 Å². The number of aromatic amines is 1. The van der Waals surface area contributed by atoms with E-state index >= 15 is 0 Å². The van der Waals surface area contributed by atoms with Gasteiger partial charge in [0, 0.05) is 34.0 Å². The van der Waals surface area contributed by atoms with Gasteiger partial charge in [0.15, 0.2) is 0 Å². The molecule has 1 aliphatic rings. The van der Waals surface area contributed by atoms with Crippen molar-refractivity contribution in [1.29, 1.82) is 0 Å². The second-order valence-electron chi connectivity index (χ2n) is 4.41. The molecule has 3 N–H and O–H groups in total. The zero-order chi connectivity index (χ0) is 11.7. The van der Waals surface area contributed by atoms with Crippen molar-refractivity contribution in [1.82, 2.24) is 4.98 Å². The van der Waals surface area contributed by atoms with Crippen molar-refractivity contribution in [2.24, 2.45) is 0 Å². The van der Waals surface area contributed by atoms with Crippen molar-refractivity contribution in [2.75, 3.05) is 19.3 Å². The Morgan fingerprint density at radius 3 is 2.94 bits per heavy atom. The molecule has 96 valence electrons. The zero-order valence-corrected chi connectivity index (χ0v) is 11.9. The number of halogens is 1. The van der Waals surface area contributed by atoms with Crippen LogP contribution in [-0.2, 0) is 0 Å². The molecule has 0 fully saturated rings. The molecule has 0 saturated heterocycles. The Labute approximate surface area is 118 Å². The van der Waals surface area contributed by atoms with E-state index in [2.05, 4.69) is 47.0 Å². The largest absolute Gasteiger partial charge is 1.00 e. The average Bonchev–Trinajstić information content (AvgIpc) is 2.82. The normalized spacial score (nSPS) is 15.3. The lowest BCUT2D eigenvalue weighted by Crippen LogP contribution is -3.00. The van der Waals surface area contributed by atoms with Gasteiger partial charge in [-0.05, 0) is 36.1 Å². The van der Waals surface area contributed by atoms with Gasteiger partial charge in [-0.25, -0.2) is 0 Å². The Kier molecular flexibility index (Phi) is 4.38. The second kappa shape index (κ2) is 5.83. The van der Waals surface area contributed by atoms with Gasteiger partial charge in [0.05, 0.1) is 13.1 Å². The van der Waals surface area contributed by atoms with Gasteiger partial charge in [-0.3, -0.25) is 0 Å². The van der Waals surface area contributed by atoms with Crippen LogP contribution in [0.3, 0.4) is 0 Å². The number of nitrogens with two attached hydrogens (primary N) is 1. The summed E-state index contributed by atoms with van der Waals surface area (Å²) in [7, 11) is 0. The molecule has 0 spiro atoms. The van der Waals surface area contributed by atoms with Crippen LogP contribution in [0, 0.1) is 0 Å². The molecular formula is C14H17ClN2S. The monoisotopic (exact) mass is 280 g/mol. The number of hydrogen-bond donors (Lipinski definition) is 2. The minimum absolute atomic E-state index is 0. The Hall–Kier alpha value is -0.900. The molecular weight excluding hydrogens is 264 g/mol. The predicted molar refractivity (Wildman–Crippen MR) is 74.3 cm³/mol. The zero-order valence-electron chi connectivity index (χ0n) is 10.4. The molecule has 1 aliphatic heterocycles. The van der Waals surface area contributed by atoms with E-state index in [9.17, 15) is 0 Å². The molecule has 0 saturated carbocycles. The first-order valence-corrected chi connectivity index (χ1v) is 7.27. The van der Waals surface area contributed by atoms with Crippen LogP contribution in [-0.4, -0.2) is 24.3 Å². The molecule has 1 aromatic heterocycles. The summed E-state index contributed by atoms with van der Waals surface area (Å²) in [5, 5.41) is 3.72. The fraction of sp³-hybridized carbons (Fsp3) is 0.286. The number of hydrogen-bond acceptors (Lipinski definition) is 1. The Balaban J connectivity index is 0.00000120. The second-order valence-corrected chi connectivity index (χ2v) is 5.29. The third-order valence-corrected chi connectivity index (χ3v) is 4.11. The summed E-state index contributed by atoms with van der Waals surface area (Å²) in [6.07, 6.45) is 7.82. The highest BCUT2D eigenvalue weighted by atomic mass is 35.5. The summed E-state index contributed by atoms with van der Waals surface area (Å²) >= 11 is 1.80. The van der Waals surface area contributed by atoms with Gasteiger partial charge >= 0.3 is 0 Å². The first kappa shape index (κ1) is 13.5. The smallest absolute Gasteiger partial charge is 0.0948 e. The van der Waals surface area contributed by atoms with E-state index in [1.165, 1.54) is 39.9 Å². The molecule has 2 nitrogen and oxygen atoms in total. The standard InChI is InChI=1S/C14H16N2S.ClH/c1-17-11-2-3-14-12(8-11)13(9-16-14)10-4-6-15-7-5-10;/h2-4,8-9,15-16H,5-7H2,1H3;1H. The summed E-state index contributed by atoms with van der Waals surface area (Å²) in [6.45, 7) is 2.32. The quantitative estimate of drug-likeness (QED) is 0.697. The summed E-state index contributed by atoms with van der Waals surface area (Å²) in [4.78, 5) is 4.71. The fourth-order valence-electron chi connectivity index (χ4n) is 2.44. The lowest BCUT2D eigenvalue weighted by atomic mass is 10.00. The number of rotatable bonds is 2. The SMILES string of the molecule is CSc1ccc2[nH]cc(C3=CC[NH2+]CC3)c2c1.[Cl-]. The highest BCUT2D eigenvalue weighted by molar-refractivity contribution is 7.98. The van der Waals surface area contributed by atoms with Crippen LogP contribution in [0.2, 0.25) is 0 Å². The lowest BCUT2D eigenvalue weighted by molar-refractivity contribution is -0.646. The third-order valence-electron chi connectivity index (χ3n) is 3.38. The maximum absolute atomic E-state index is 3.38. The minimum atomic E-state index is 0. The van der Waals surface area contributed by atoms with Gasteiger partial charge in [-0.2, -0.15) is 0 Å². The van der Waals surface area contributed by atoms with Crippen molar-refractivity contribution in [3.63, 3.8) is 0 Å². The molecule has 2 heterocycles. The van der Waals surface area contributed by atoms with E-state index in [4.69, 9.17) is 0 Å². The summed E-state index contributed by atoms with van der Waals surface area (Å²) < 4.78 is 0. The number of thioether (sulfide) groups is 1. The number of quaternary nitrogens is 1. The summed E-state index contributed by atoms with van der Waals surface area (Å²) in [5.41, 5.74) is 4.13. The molecule has 1 aromatic carbocycles. The van der Waals surface area contributed by atoms with Gasteiger partial charge in [0.25, 0.3) is 0 Å². The van der Waals surface area contributed by atoms with E-state index in [0.717, 1.165) is 6.54 Å². The minimum Gasteiger partial charge on any atom is -1.00 e. The van der Waals surface area contributed by atoms with Crippen LogP contribution in [0.1, 0.15) is 12.0 Å². The van der Waals surface area contributed by atoms with Gasteiger partial charge in [0.1, 0.15) is 0 Å². The maximum atomic E-state index is 3.38. The van der Waals surface area contributed by atoms with Crippen LogP contribution in [0.15, 0.2) is 35.4 Å². The fourth-order valence-corrected chi connectivity index (χ4v) is 2.88. The molecule has 0 radical (unpaired) electrons. The van der Waals surface area contributed by atoms with Crippen LogP contribution < -0.4 is 17.7 Å². The van der Waals surface area contributed by atoms with Crippen molar-refractivity contribution in [3.8, 4) is 0 Å².